The van der Waals surface area contributed by atoms with E-state index in [2.05, 4.69) is 26.0 Å². The van der Waals surface area contributed by atoms with E-state index in [1.807, 2.05) is 38.1 Å². The molecule has 1 N–H and O–H groups in total. The Balaban J connectivity index is 1.74. The van der Waals surface area contributed by atoms with Crippen molar-refractivity contribution in [2.75, 3.05) is 20.3 Å². The summed E-state index contributed by atoms with van der Waals surface area (Å²) in [5.74, 6) is 0.357. The van der Waals surface area contributed by atoms with Crippen LogP contribution in [0.3, 0.4) is 0 Å². The largest absolute Gasteiger partial charge is 0.497 e. The van der Waals surface area contributed by atoms with Gasteiger partial charge in [0.25, 0.3) is 0 Å². The predicted molar refractivity (Wildman–Crippen MR) is 115 cm³/mol. The van der Waals surface area contributed by atoms with E-state index in [0.29, 0.717) is 19.6 Å². The van der Waals surface area contributed by atoms with Gasteiger partial charge < -0.3 is 24.1 Å². The monoisotopic (exact) mass is 406 g/mol. The van der Waals surface area contributed by atoms with Crippen LogP contribution in [0.15, 0.2) is 36.4 Å². The van der Waals surface area contributed by atoms with Gasteiger partial charge in [-0.3, -0.25) is 0 Å². The van der Waals surface area contributed by atoms with Gasteiger partial charge in [0.2, 0.25) is 0 Å². The topological polar surface area (TPSA) is 57.2 Å². The van der Waals surface area contributed by atoms with Crippen molar-refractivity contribution in [3.63, 3.8) is 0 Å². The molecule has 1 saturated heterocycles. The maximum atomic E-state index is 9.46. The molecule has 2 atom stereocenters. The first kappa shape index (κ1) is 23.9. The summed E-state index contributed by atoms with van der Waals surface area (Å²) < 4.78 is 23.1. The van der Waals surface area contributed by atoms with Gasteiger partial charge in [-0.25, -0.2) is 0 Å². The van der Waals surface area contributed by atoms with Gasteiger partial charge in [-0.05, 0) is 77.5 Å². The van der Waals surface area contributed by atoms with Gasteiger partial charge in [0.1, 0.15) is 5.75 Å². The number of hydrogen-bond acceptors (Lipinski definition) is 5. The van der Waals surface area contributed by atoms with Crippen molar-refractivity contribution in [2.45, 2.75) is 83.4 Å². The molecule has 1 fully saturated rings. The average Bonchev–Trinajstić information content (AvgIpc) is 2.97. The standard InChI is InChI=1S/C24H38O5/c1-22(2)28-19-24(4,29-22)15-9-7-6-8-14-23(3,16-17-25)27-18-20-10-12-21(26-5)13-11-20/h6-7,10-13,25H,8-9,14-19H2,1-5H3/b7-6+/t23-,24-/m0/s1. The van der Waals surface area contributed by atoms with Gasteiger partial charge in [0.05, 0.1) is 31.5 Å². The van der Waals surface area contributed by atoms with Crippen LogP contribution in [0.2, 0.25) is 0 Å². The normalized spacial score (nSPS) is 23.4. The summed E-state index contributed by atoms with van der Waals surface area (Å²) >= 11 is 0. The summed E-state index contributed by atoms with van der Waals surface area (Å²) in [5, 5.41) is 9.46. The molecule has 0 saturated carbocycles. The fourth-order valence-corrected chi connectivity index (χ4v) is 3.60. The van der Waals surface area contributed by atoms with Crippen LogP contribution < -0.4 is 4.74 Å². The first-order valence-corrected chi connectivity index (χ1v) is 10.6. The zero-order chi connectivity index (χ0) is 21.4. The highest BCUT2D eigenvalue weighted by Crippen LogP contribution is 2.34. The molecule has 1 aliphatic heterocycles. The summed E-state index contributed by atoms with van der Waals surface area (Å²) in [6.07, 6.45) is 8.71. The first-order chi connectivity index (χ1) is 13.7. The third-order valence-corrected chi connectivity index (χ3v) is 5.45. The summed E-state index contributed by atoms with van der Waals surface area (Å²) in [6.45, 7) is 9.39. The molecule has 0 radical (unpaired) electrons. The van der Waals surface area contributed by atoms with E-state index in [1.54, 1.807) is 7.11 Å². The fourth-order valence-electron chi connectivity index (χ4n) is 3.60. The van der Waals surface area contributed by atoms with Gasteiger partial charge in [0, 0.05) is 6.61 Å². The number of allylic oxidation sites excluding steroid dienone is 2. The van der Waals surface area contributed by atoms with E-state index in [0.717, 1.165) is 37.0 Å². The molecule has 164 valence electrons. The van der Waals surface area contributed by atoms with Crippen LogP contribution in [0.25, 0.3) is 0 Å². The zero-order valence-electron chi connectivity index (χ0n) is 18.7. The smallest absolute Gasteiger partial charge is 0.163 e. The average molecular weight is 407 g/mol. The first-order valence-electron chi connectivity index (χ1n) is 10.6. The molecule has 1 aromatic rings. The molecule has 2 rings (SSSR count). The Hall–Kier alpha value is -1.40. The summed E-state index contributed by atoms with van der Waals surface area (Å²) in [7, 11) is 1.66. The Morgan fingerprint density at radius 3 is 2.38 bits per heavy atom. The molecule has 1 aliphatic rings. The van der Waals surface area contributed by atoms with Crippen LogP contribution in [0.5, 0.6) is 5.75 Å². The number of aliphatic hydroxyl groups excluding tert-OH is 1. The van der Waals surface area contributed by atoms with Crippen molar-refractivity contribution < 1.29 is 24.1 Å². The number of hydrogen-bond donors (Lipinski definition) is 1. The zero-order valence-corrected chi connectivity index (χ0v) is 18.7. The molecule has 5 nitrogen and oxygen atoms in total. The van der Waals surface area contributed by atoms with Crippen molar-refractivity contribution in [3.05, 3.63) is 42.0 Å². The van der Waals surface area contributed by atoms with Crippen molar-refractivity contribution >= 4 is 0 Å². The third kappa shape index (κ3) is 8.09. The molecule has 1 heterocycles. The van der Waals surface area contributed by atoms with Crippen LogP contribution in [0.1, 0.15) is 65.4 Å². The second-order valence-electron chi connectivity index (χ2n) is 8.85. The third-order valence-electron chi connectivity index (χ3n) is 5.45. The van der Waals surface area contributed by atoms with Gasteiger partial charge in [-0.15, -0.1) is 0 Å². The van der Waals surface area contributed by atoms with Crippen LogP contribution in [-0.4, -0.2) is 42.4 Å². The van der Waals surface area contributed by atoms with Crippen molar-refractivity contribution in [1.82, 2.24) is 0 Å². The quantitative estimate of drug-likeness (QED) is 0.495. The molecule has 5 heteroatoms. The van der Waals surface area contributed by atoms with Gasteiger partial charge in [0.15, 0.2) is 5.79 Å². The van der Waals surface area contributed by atoms with Gasteiger partial charge >= 0.3 is 0 Å². The number of rotatable bonds is 12. The Morgan fingerprint density at radius 1 is 1.10 bits per heavy atom. The second-order valence-corrected chi connectivity index (χ2v) is 8.85. The molecule has 0 unspecified atom stereocenters. The molecule has 0 amide bonds. The van der Waals surface area contributed by atoms with Crippen molar-refractivity contribution in [3.8, 4) is 5.75 Å². The minimum Gasteiger partial charge on any atom is -0.497 e. The Morgan fingerprint density at radius 2 is 1.79 bits per heavy atom. The number of benzene rings is 1. The molecular weight excluding hydrogens is 368 g/mol. The van der Waals surface area contributed by atoms with E-state index in [9.17, 15) is 5.11 Å². The molecule has 0 aliphatic carbocycles. The lowest BCUT2D eigenvalue weighted by Gasteiger charge is -2.29. The Kier molecular flexibility index (Phi) is 8.71. The summed E-state index contributed by atoms with van der Waals surface area (Å²) in [5.41, 5.74) is 0.540. The second kappa shape index (κ2) is 10.6. The molecule has 29 heavy (non-hydrogen) atoms. The summed E-state index contributed by atoms with van der Waals surface area (Å²) in [6, 6.07) is 7.89. The summed E-state index contributed by atoms with van der Waals surface area (Å²) in [4.78, 5) is 0. The molecule has 0 aromatic heterocycles. The van der Waals surface area contributed by atoms with E-state index in [-0.39, 0.29) is 17.8 Å². The number of aliphatic hydroxyl groups is 1. The Labute approximate surface area is 176 Å². The number of ether oxygens (including phenoxy) is 4. The van der Waals surface area contributed by atoms with Crippen LogP contribution >= 0.6 is 0 Å². The number of methoxy groups -OCH3 is 1. The highest BCUT2D eigenvalue weighted by Gasteiger charge is 2.41. The Bertz CT molecular complexity index is 639. The van der Waals surface area contributed by atoms with Crippen LogP contribution in [0.4, 0.5) is 0 Å². The van der Waals surface area contributed by atoms with Crippen molar-refractivity contribution in [2.24, 2.45) is 0 Å². The lowest BCUT2D eigenvalue weighted by molar-refractivity contribution is -0.158. The lowest BCUT2D eigenvalue weighted by Crippen LogP contribution is -2.30. The van der Waals surface area contributed by atoms with E-state index in [4.69, 9.17) is 18.9 Å². The van der Waals surface area contributed by atoms with Gasteiger partial charge in [-0.1, -0.05) is 24.3 Å². The molecule has 0 spiro atoms. The highest BCUT2D eigenvalue weighted by atomic mass is 16.8. The van der Waals surface area contributed by atoms with E-state index in [1.165, 1.54) is 0 Å². The van der Waals surface area contributed by atoms with E-state index >= 15 is 0 Å². The lowest BCUT2D eigenvalue weighted by atomic mass is 9.95. The minimum absolute atomic E-state index is 0.119. The van der Waals surface area contributed by atoms with Crippen LogP contribution in [-0.2, 0) is 20.8 Å². The fraction of sp³-hybridized carbons (Fsp3) is 0.667. The highest BCUT2D eigenvalue weighted by molar-refractivity contribution is 5.26. The maximum absolute atomic E-state index is 9.46. The predicted octanol–water partition coefficient (Wildman–Crippen LogP) is 5.01. The minimum atomic E-state index is -0.480. The molecular formula is C24H38O5. The van der Waals surface area contributed by atoms with Crippen LogP contribution in [0, 0.1) is 0 Å². The molecule has 1 aromatic carbocycles. The van der Waals surface area contributed by atoms with E-state index < -0.39 is 5.79 Å². The molecule has 0 bridgehead atoms. The van der Waals surface area contributed by atoms with Crippen molar-refractivity contribution in [1.29, 1.82) is 0 Å². The maximum Gasteiger partial charge on any atom is 0.163 e. The van der Waals surface area contributed by atoms with Gasteiger partial charge in [-0.2, -0.15) is 0 Å². The SMILES string of the molecule is COc1ccc(CO[C@](C)(CCO)CC/C=C/CC[C@@]2(C)COC(C)(C)O2)cc1.